The summed E-state index contributed by atoms with van der Waals surface area (Å²) in [6, 6.07) is 7.41. The number of ether oxygens (including phenoxy) is 2. The molecule has 1 fully saturated rings. The zero-order chi connectivity index (χ0) is 16.1. The second-order valence-electron chi connectivity index (χ2n) is 5.56. The minimum Gasteiger partial charge on any atom is -0.460 e. The molecule has 2 aromatic rings. The Morgan fingerprint density at radius 3 is 2.91 bits per heavy atom. The maximum Gasteiger partial charge on any atom is 0.374 e. The molecule has 0 unspecified atom stereocenters. The van der Waals surface area contributed by atoms with Crippen molar-refractivity contribution in [1.82, 2.24) is 4.90 Å². The van der Waals surface area contributed by atoms with Crippen LogP contribution in [0.3, 0.4) is 0 Å². The first kappa shape index (κ1) is 15.8. The number of hydrogen-bond acceptors (Lipinski definition) is 6. The number of nitrogens with one attached hydrogen (secondary N) is 1. The fourth-order valence-corrected chi connectivity index (χ4v) is 2.65. The number of anilines is 1. The van der Waals surface area contributed by atoms with Gasteiger partial charge in [0.2, 0.25) is 5.76 Å². The summed E-state index contributed by atoms with van der Waals surface area (Å²) in [6.07, 6.45) is 0.815. The minimum atomic E-state index is -0.408. The summed E-state index contributed by atoms with van der Waals surface area (Å²) < 4.78 is 16.1. The van der Waals surface area contributed by atoms with E-state index in [4.69, 9.17) is 13.9 Å². The van der Waals surface area contributed by atoms with Crippen molar-refractivity contribution in [3.63, 3.8) is 0 Å². The molecule has 2 heterocycles. The lowest BCUT2D eigenvalue weighted by molar-refractivity contribution is 0.0289. The molecule has 124 valence electrons. The largest absolute Gasteiger partial charge is 0.460 e. The van der Waals surface area contributed by atoms with Gasteiger partial charge < -0.3 is 19.2 Å². The standard InChI is InChI=1S/C17H22N2O4/c1-18-14-3-4-15-13(11-14)12-16(23-15)17(20)22-8-2-5-19-6-9-21-10-7-19/h3-4,11-12,18H,2,5-10H2,1H3. The first-order valence-electron chi connectivity index (χ1n) is 7.95. The third kappa shape index (κ3) is 4.03. The minimum absolute atomic E-state index is 0.250. The predicted molar refractivity (Wildman–Crippen MR) is 87.9 cm³/mol. The van der Waals surface area contributed by atoms with E-state index in [1.54, 1.807) is 6.07 Å². The zero-order valence-corrected chi connectivity index (χ0v) is 13.3. The number of esters is 1. The van der Waals surface area contributed by atoms with Crippen molar-refractivity contribution in [2.75, 3.05) is 51.8 Å². The predicted octanol–water partition coefficient (Wildman–Crippen LogP) is 2.35. The first-order valence-corrected chi connectivity index (χ1v) is 7.95. The number of carbonyl (C=O) groups excluding carboxylic acids is 1. The van der Waals surface area contributed by atoms with Crippen LogP contribution < -0.4 is 5.32 Å². The Hall–Kier alpha value is -2.05. The van der Waals surface area contributed by atoms with Crippen LogP contribution in [0.25, 0.3) is 11.0 Å². The van der Waals surface area contributed by atoms with Crippen molar-refractivity contribution in [2.24, 2.45) is 0 Å². The highest BCUT2D eigenvalue weighted by molar-refractivity contribution is 5.93. The number of carbonyl (C=O) groups is 1. The highest BCUT2D eigenvalue weighted by atomic mass is 16.5. The van der Waals surface area contributed by atoms with Gasteiger partial charge >= 0.3 is 5.97 Å². The van der Waals surface area contributed by atoms with Crippen LogP contribution in [0.1, 0.15) is 17.0 Å². The summed E-state index contributed by atoms with van der Waals surface area (Å²) in [7, 11) is 1.85. The van der Waals surface area contributed by atoms with Gasteiger partial charge in [-0.1, -0.05) is 0 Å². The summed E-state index contributed by atoms with van der Waals surface area (Å²) in [5, 5.41) is 3.95. The van der Waals surface area contributed by atoms with E-state index in [0.29, 0.717) is 12.2 Å². The summed E-state index contributed by atoms with van der Waals surface area (Å²) >= 11 is 0. The summed E-state index contributed by atoms with van der Waals surface area (Å²) in [5.41, 5.74) is 1.66. The lowest BCUT2D eigenvalue weighted by atomic mass is 10.2. The smallest absolute Gasteiger partial charge is 0.374 e. The van der Waals surface area contributed by atoms with E-state index < -0.39 is 5.97 Å². The third-order valence-electron chi connectivity index (χ3n) is 3.96. The number of hydrogen-bond donors (Lipinski definition) is 1. The van der Waals surface area contributed by atoms with Crippen molar-refractivity contribution < 1.29 is 18.7 Å². The van der Waals surface area contributed by atoms with Gasteiger partial charge in [-0.2, -0.15) is 0 Å². The van der Waals surface area contributed by atoms with Gasteiger partial charge in [0.05, 0.1) is 19.8 Å². The molecule has 0 amide bonds. The maximum absolute atomic E-state index is 12.1. The van der Waals surface area contributed by atoms with E-state index in [-0.39, 0.29) is 5.76 Å². The Labute approximate surface area is 135 Å². The van der Waals surface area contributed by atoms with Crippen LogP contribution in [-0.2, 0) is 9.47 Å². The lowest BCUT2D eigenvalue weighted by Crippen LogP contribution is -2.37. The number of benzene rings is 1. The van der Waals surface area contributed by atoms with Crippen molar-refractivity contribution in [2.45, 2.75) is 6.42 Å². The molecule has 0 bridgehead atoms. The number of fused-ring (bicyclic) bond motifs is 1. The van der Waals surface area contributed by atoms with Crippen LogP contribution in [-0.4, -0.2) is 57.4 Å². The van der Waals surface area contributed by atoms with E-state index >= 15 is 0 Å². The molecule has 0 aliphatic carbocycles. The molecule has 1 aromatic carbocycles. The van der Waals surface area contributed by atoms with E-state index in [9.17, 15) is 4.79 Å². The lowest BCUT2D eigenvalue weighted by Gasteiger charge is -2.26. The molecule has 6 heteroatoms. The number of morpholine rings is 1. The summed E-state index contributed by atoms with van der Waals surface area (Å²) in [5.74, 6) is -0.159. The molecule has 0 saturated carbocycles. The number of furan rings is 1. The molecule has 0 radical (unpaired) electrons. The molecule has 1 aliphatic heterocycles. The van der Waals surface area contributed by atoms with Crippen LogP contribution in [0.4, 0.5) is 5.69 Å². The van der Waals surface area contributed by atoms with Gasteiger partial charge in [-0.25, -0.2) is 4.79 Å². The van der Waals surface area contributed by atoms with Crippen molar-refractivity contribution >= 4 is 22.6 Å². The molecule has 23 heavy (non-hydrogen) atoms. The van der Waals surface area contributed by atoms with Gasteiger partial charge in [-0.05, 0) is 30.7 Å². The second-order valence-corrected chi connectivity index (χ2v) is 5.56. The monoisotopic (exact) mass is 318 g/mol. The molecular formula is C17H22N2O4. The highest BCUT2D eigenvalue weighted by Crippen LogP contribution is 2.23. The molecule has 0 spiro atoms. The van der Waals surface area contributed by atoms with Crippen LogP contribution >= 0.6 is 0 Å². The average molecular weight is 318 g/mol. The Kier molecular flexibility index (Phi) is 5.15. The van der Waals surface area contributed by atoms with E-state index in [2.05, 4.69) is 10.2 Å². The van der Waals surface area contributed by atoms with Crippen LogP contribution in [0.15, 0.2) is 28.7 Å². The zero-order valence-electron chi connectivity index (χ0n) is 13.3. The third-order valence-corrected chi connectivity index (χ3v) is 3.96. The van der Waals surface area contributed by atoms with Gasteiger partial charge in [0.25, 0.3) is 0 Å². The Morgan fingerprint density at radius 1 is 1.30 bits per heavy atom. The summed E-state index contributed by atoms with van der Waals surface area (Å²) in [4.78, 5) is 14.4. The fraction of sp³-hybridized carbons (Fsp3) is 0.471. The molecular weight excluding hydrogens is 296 g/mol. The van der Waals surface area contributed by atoms with Gasteiger partial charge in [0.15, 0.2) is 0 Å². The Bertz CT molecular complexity index is 662. The number of nitrogens with zero attached hydrogens (tertiary/aromatic N) is 1. The quantitative estimate of drug-likeness (QED) is 0.651. The average Bonchev–Trinajstić information content (AvgIpc) is 3.02. The van der Waals surface area contributed by atoms with E-state index in [1.807, 2.05) is 25.2 Å². The van der Waals surface area contributed by atoms with Gasteiger partial charge in [0.1, 0.15) is 5.58 Å². The normalized spacial score (nSPS) is 15.7. The first-order chi connectivity index (χ1) is 11.3. The van der Waals surface area contributed by atoms with Crippen LogP contribution in [0.5, 0.6) is 0 Å². The molecule has 1 N–H and O–H groups in total. The topological polar surface area (TPSA) is 63.9 Å². The van der Waals surface area contributed by atoms with E-state index in [1.165, 1.54) is 0 Å². The van der Waals surface area contributed by atoms with Crippen molar-refractivity contribution in [3.05, 3.63) is 30.0 Å². The molecule has 6 nitrogen and oxygen atoms in total. The molecule has 1 aliphatic rings. The van der Waals surface area contributed by atoms with Crippen LogP contribution in [0, 0.1) is 0 Å². The van der Waals surface area contributed by atoms with Gasteiger partial charge in [-0.15, -0.1) is 0 Å². The van der Waals surface area contributed by atoms with Crippen molar-refractivity contribution in [3.8, 4) is 0 Å². The van der Waals surface area contributed by atoms with Gasteiger partial charge in [0, 0.05) is 37.8 Å². The van der Waals surface area contributed by atoms with Crippen molar-refractivity contribution in [1.29, 1.82) is 0 Å². The fourth-order valence-electron chi connectivity index (χ4n) is 2.65. The highest BCUT2D eigenvalue weighted by Gasteiger charge is 2.15. The number of rotatable bonds is 6. The van der Waals surface area contributed by atoms with Crippen LogP contribution in [0.2, 0.25) is 0 Å². The summed E-state index contributed by atoms with van der Waals surface area (Å²) in [6.45, 7) is 4.79. The van der Waals surface area contributed by atoms with Gasteiger partial charge in [-0.3, -0.25) is 4.90 Å². The Balaban J connectivity index is 1.49. The SMILES string of the molecule is CNc1ccc2oc(C(=O)OCCCN3CCOCC3)cc2c1. The Morgan fingerprint density at radius 2 is 2.13 bits per heavy atom. The molecule has 0 atom stereocenters. The molecule has 1 saturated heterocycles. The van der Waals surface area contributed by atoms with E-state index in [0.717, 1.165) is 50.3 Å². The molecule has 1 aromatic heterocycles. The molecule has 3 rings (SSSR count). The maximum atomic E-state index is 12.1. The second kappa shape index (κ2) is 7.48.